The van der Waals surface area contributed by atoms with Crippen molar-refractivity contribution in [2.24, 2.45) is 5.73 Å². The van der Waals surface area contributed by atoms with Crippen LogP contribution in [0, 0.1) is 0 Å². The lowest BCUT2D eigenvalue weighted by atomic mass is 10.2. The molecule has 0 aliphatic carbocycles. The van der Waals surface area contributed by atoms with Crippen molar-refractivity contribution in [3.05, 3.63) is 66.0 Å². The lowest BCUT2D eigenvalue weighted by Crippen LogP contribution is -2.21. The number of amides is 1. The largest absolute Gasteiger partial charge is 0.452 e. The lowest BCUT2D eigenvalue weighted by molar-refractivity contribution is -0.121. The molecule has 1 heterocycles. The van der Waals surface area contributed by atoms with Crippen molar-refractivity contribution in [1.82, 2.24) is 20.2 Å². The van der Waals surface area contributed by atoms with E-state index in [1.165, 1.54) is 11.8 Å². The van der Waals surface area contributed by atoms with Gasteiger partial charge in [-0.25, -0.2) is 4.79 Å². The Hall–Kier alpha value is -3.20. The summed E-state index contributed by atoms with van der Waals surface area (Å²) in [5.74, 6) is -0.219. The van der Waals surface area contributed by atoms with Crippen molar-refractivity contribution in [2.75, 3.05) is 6.61 Å². The van der Waals surface area contributed by atoms with E-state index in [1.807, 2.05) is 36.4 Å². The van der Waals surface area contributed by atoms with Gasteiger partial charge in [-0.2, -0.15) is 4.68 Å². The van der Waals surface area contributed by atoms with E-state index in [1.54, 1.807) is 22.9 Å². The summed E-state index contributed by atoms with van der Waals surface area (Å²) in [6.45, 7) is -0.454. The number of nitrogens with two attached hydrogens (primary N) is 1. The molecule has 0 bridgehead atoms. The van der Waals surface area contributed by atoms with E-state index in [0.29, 0.717) is 22.0 Å². The third-order valence-electron chi connectivity index (χ3n) is 3.34. The van der Waals surface area contributed by atoms with Crippen molar-refractivity contribution in [3.8, 4) is 5.69 Å². The van der Waals surface area contributed by atoms with E-state index in [0.717, 1.165) is 5.69 Å². The number of ether oxygens (including phenoxy) is 1. The summed E-state index contributed by atoms with van der Waals surface area (Å²) in [4.78, 5) is 23.6. The molecule has 0 fully saturated rings. The number of para-hydroxylation sites is 1. The number of carbonyl (C=O) groups is 2. The van der Waals surface area contributed by atoms with Crippen LogP contribution in [0.1, 0.15) is 16.2 Å². The molecule has 2 N–H and O–H groups in total. The number of esters is 1. The second kappa shape index (κ2) is 8.26. The predicted octanol–water partition coefficient (Wildman–Crippen LogP) is 1.60. The Morgan fingerprint density at radius 3 is 2.58 bits per heavy atom. The van der Waals surface area contributed by atoms with Gasteiger partial charge in [-0.1, -0.05) is 30.3 Å². The first kappa shape index (κ1) is 17.6. The Balaban J connectivity index is 1.75. The summed E-state index contributed by atoms with van der Waals surface area (Å²) in [5, 5.41) is 11.8. The average molecular weight is 369 g/mol. The molecule has 1 amide bonds. The maximum absolute atomic E-state index is 12.1. The first-order valence-corrected chi connectivity index (χ1v) is 8.63. The summed E-state index contributed by atoms with van der Waals surface area (Å²) < 4.78 is 6.53. The number of aromatic nitrogens is 4. The van der Waals surface area contributed by atoms with Crippen LogP contribution in [0.4, 0.5) is 0 Å². The molecule has 0 spiro atoms. The Morgan fingerprint density at radius 1 is 1.08 bits per heavy atom. The fourth-order valence-electron chi connectivity index (χ4n) is 2.18. The molecule has 8 nitrogen and oxygen atoms in total. The van der Waals surface area contributed by atoms with Gasteiger partial charge >= 0.3 is 5.97 Å². The van der Waals surface area contributed by atoms with Gasteiger partial charge < -0.3 is 10.5 Å². The molecule has 132 valence electrons. The number of nitrogens with zero attached hydrogens (tertiary/aromatic N) is 4. The quantitative estimate of drug-likeness (QED) is 0.497. The Labute approximate surface area is 153 Å². The first-order chi connectivity index (χ1) is 12.6. The molecule has 0 aliphatic rings. The van der Waals surface area contributed by atoms with Crippen molar-refractivity contribution in [1.29, 1.82) is 0 Å². The highest BCUT2D eigenvalue weighted by Crippen LogP contribution is 2.26. The summed E-state index contributed by atoms with van der Waals surface area (Å²) in [6.07, 6.45) is 0. The number of carbonyl (C=O) groups excluding carboxylic acids is 2. The third-order valence-corrected chi connectivity index (χ3v) is 4.41. The molecule has 0 radical (unpaired) electrons. The van der Waals surface area contributed by atoms with Gasteiger partial charge in [-0.05, 0) is 34.7 Å². The molecule has 0 saturated heterocycles. The van der Waals surface area contributed by atoms with Crippen LogP contribution in [-0.2, 0) is 15.3 Å². The highest BCUT2D eigenvalue weighted by molar-refractivity contribution is 7.98. The van der Waals surface area contributed by atoms with Crippen LogP contribution in [0.25, 0.3) is 5.69 Å². The highest BCUT2D eigenvalue weighted by atomic mass is 32.2. The van der Waals surface area contributed by atoms with Gasteiger partial charge in [0.2, 0.25) is 0 Å². The monoisotopic (exact) mass is 369 g/mol. The molecule has 0 unspecified atom stereocenters. The summed E-state index contributed by atoms with van der Waals surface area (Å²) >= 11 is 1.40. The molecular formula is C17H15N5O3S. The lowest BCUT2D eigenvalue weighted by Gasteiger charge is -2.08. The predicted molar refractivity (Wildman–Crippen MR) is 94.6 cm³/mol. The Kier molecular flexibility index (Phi) is 5.59. The minimum absolute atomic E-state index is 0.359. The summed E-state index contributed by atoms with van der Waals surface area (Å²) in [6, 6.07) is 16.5. The topological polar surface area (TPSA) is 113 Å². The number of rotatable bonds is 7. The third kappa shape index (κ3) is 4.25. The number of tetrazole rings is 1. The average Bonchev–Trinajstić information content (AvgIpc) is 3.14. The smallest absolute Gasteiger partial charge is 0.339 e. The molecule has 3 aromatic rings. The Morgan fingerprint density at radius 2 is 1.81 bits per heavy atom. The fourth-order valence-corrected chi connectivity index (χ4v) is 3.13. The number of thioether (sulfide) groups is 1. The van der Waals surface area contributed by atoms with Gasteiger partial charge in [0.15, 0.2) is 12.4 Å². The SMILES string of the molecule is NC(=O)COC(=O)c1ccccc1SCc1nnnn1-c1ccccc1. The maximum atomic E-state index is 12.1. The standard InChI is InChI=1S/C17H15N5O3S/c18-15(23)10-25-17(24)13-8-4-5-9-14(13)26-11-16-19-20-21-22(16)12-6-2-1-3-7-12/h1-9H,10-11H2,(H2,18,23). The molecule has 26 heavy (non-hydrogen) atoms. The van der Waals surface area contributed by atoms with Crippen LogP contribution < -0.4 is 5.73 Å². The summed E-state index contributed by atoms with van der Waals surface area (Å²) in [5.41, 5.74) is 6.21. The minimum Gasteiger partial charge on any atom is -0.452 e. The zero-order chi connectivity index (χ0) is 18.4. The zero-order valence-corrected chi connectivity index (χ0v) is 14.4. The van der Waals surface area contributed by atoms with E-state index >= 15 is 0 Å². The summed E-state index contributed by atoms with van der Waals surface area (Å²) in [7, 11) is 0. The molecule has 3 rings (SSSR count). The van der Waals surface area contributed by atoms with Crippen LogP contribution in [0.3, 0.4) is 0 Å². The van der Waals surface area contributed by atoms with Crippen molar-refractivity contribution >= 4 is 23.6 Å². The minimum atomic E-state index is -0.703. The Bertz CT molecular complexity index is 914. The van der Waals surface area contributed by atoms with Crippen molar-refractivity contribution in [2.45, 2.75) is 10.6 Å². The van der Waals surface area contributed by atoms with Crippen LogP contribution >= 0.6 is 11.8 Å². The number of primary amides is 1. The fraction of sp³-hybridized carbons (Fsp3) is 0.118. The van der Waals surface area contributed by atoms with Crippen LogP contribution in [0.2, 0.25) is 0 Å². The maximum Gasteiger partial charge on any atom is 0.339 e. The molecule has 9 heteroatoms. The van der Waals surface area contributed by atoms with Crippen molar-refractivity contribution < 1.29 is 14.3 Å². The van der Waals surface area contributed by atoms with Crippen LogP contribution in [0.15, 0.2) is 59.5 Å². The first-order valence-electron chi connectivity index (χ1n) is 7.65. The second-order valence-electron chi connectivity index (χ2n) is 5.17. The highest BCUT2D eigenvalue weighted by Gasteiger charge is 2.15. The number of hydrogen-bond acceptors (Lipinski definition) is 7. The van der Waals surface area contributed by atoms with Gasteiger partial charge in [-0.3, -0.25) is 4.79 Å². The van der Waals surface area contributed by atoms with E-state index < -0.39 is 18.5 Å². The molecule has 0 aliphatic heterocycles. The van der Waals surface area contributed by atoms with Crippen LogP contribution in [0.5, 0.6) is 0 Å². The molecular weight excluding hydrogens is 354 g/mol. The molecule has 1 aromatic heterocycles. The van der Waals surface area contributed by atoms with Gasteiger partial charge in [-0.15, -0.1) is 16.9 Å². The van der Waals surface area contributed by atoms with Crippen molar-refractivity contribution in [3.63, 3.8) is 0 Å². The zero-order valence-electron chi connectivity index (χ0n) is 13.6. The van der Waals surface area contributed by atoms with Gasteiger partial charge in [0, 0.05) is 4.90 Å². The normalized spacial score (nSPS) is 10.5. The number of hydrogen-bond donors (Lipinski definition) is 1. The van der Waals surface area contributed by atoms with E-state index in [9.17, 15) is 9.59 Å². The molecule has 0 saturated carbocycles. The molecule has 0 atom stereocenters. The van der Waals surface area contributed by atoms with Gasteiger partial charge in [0.1, 0.15) is 0 Å². The van der Waals surface area contributed by atoms with Gasteiger partial charge in [0.25, 0.3) is 5.91 Å². The van der Waals surface area contributed by atoms with E-state index in [2.05, 4.69) is 15.5 Å². The van der Waals surface area contributed by atoms with E-state index in [4.69, 9.17) is 10.5 Å². The van der Waals surface area contributed by atoms with E-state index in [-0.39, 0.29) is 0 Å². The van der Waals surface area contributed by atoms with Crippen LogP contribution in [-0.4, -0.2) is 38.7 Å². The second-order valence-corrected chi connectivity index (χ2v) is 6.19. The molecule has 2 aromatic carbocycles. The number of benzene rings is 2. The van der Waals surface area contributed by atoms with Gasteiger partial charge in [0.05, 0.1) is 17.0 Å².